The first-order chi connectivity index (χ1) is 9.59. The van der Waals surface area contributed by atoms with Crippen LogP contribution in [0.25, 0.3) is 0 Å². The number of unbranched alkanes of at least 4 members (excludes halogenated alkanes) is 2. The third-order valence-electron chi connectivity index (χ3n) is 8.07. The van der Waals surface area contributed by atoms with Crippen molar-refractivity contribution in [3.8, 4) is 0 Å². The minimum atomic E-state index is 0.406. The molecule has 0 amide bonds. The van der Waals surface area contributed by atoms with Crippen molar-refractivity contribution < 1.29 is 0 Å². The third-order valence-corrected chi connectivity index (χ3v) is 8.07. The molecule has 1 aliphatic rings. The molecule has 0 aromatic heterocycles. The molecule has 0 nitrogen and oxygen atoms in total. The van der Waals surface area contributed by atoms with Gasteiger partial charge in [-0.3, -0.25) is 0 Å². The second-order valence-electron chi connectivity index (χ2n) is 9.27. The van der Waals surface area contributed by atoms with Crippen LogP contribution in [0.3, 0.4) is 0 Å². The second-order valence-corrected chi connectivity index (χ2v) is 9.27. The van der Waals surface area contributed by atoms with Gasteiger partial charge in [0.15, 0.2) is 0 Å². The van der Waals surface area contributed by atoms with E-state index < -0.39 is 0 Å². The van der Waals surface area contributed by atoms with Gasteiger partial charge in [0.05, 0.1) is 0 Å². The summed E-state index contributed by atoms with van der Waals surface area (Å²) in [5.74, 6) is 2.67. The Morgan fingerprint density at radius 1 is 0.810 bits per heavy atom. The van der Waals surface area contributed by atoms with Crippen molar-refractivity contribution in [1.82, 2.24) is 0 Å². The maximum atomic E-state index is 2.57. The van der Waals surface area contributed by atoms with Crippen LogP contribution in [-0.4, -0.2) is 0 Å². The molecule has 1 rings (SSSR count). The molecule has 0 radical (unpaired) electrons. The summed E-state index contributed by atoms with van der Waals surface area (Å²) >= 11 is 0. The first-order valence-electron chi connectivity index (χ1n) is 9.59. The van der Waals surface area contributed by atoms with E-state index in [9.17, 15) is 0 Å². The number of hydrogen-bond acceptors (Lipinski definition) is 0. The summed E-state index contributed by atoms with van der Waals surface area (Å²) in [6.07, 6.45) is 8.33. The molecule has 1 fully saturated rings. The maximum Gasteiger partial charge on any atom is -0.0246 e. The van der Waals surface area contributed by atoms with E-state index >= 15 is 0 Å². The van der Waals surface area contributed by atoms with E-state index in [1.807, 2.05) is 0 Å². The van der Waals surface area contributed by atoms with Gasteiger partial charge in [-0.1, -0.05) is 101 Å². The van der Waals surface area contributed by atoms with Gasteiger partial charge in [-0.2, -0.15) is 0 Å². The molecule has 126 valence electrons. The monoisotopic (exact) mass is 294 g/mol. The summed E-state index contributed by atoms with van der Waals surface area (Å²) < 4.78 is 0. The Morgan fingerprint density at radius 3 is 1.81 bits per heavy atom. The lowest BCUT2D eigenvalue weighted by Gasteiger charge is -2.46. The highest BCUT2D eigenvalue weighted by atomic mass is 14.7. The van der Waals surface area contributed by atoms with E-state index in [2.05, 4.69) is 62.3 Å². The van der Waals surface area contributed by atoms with Gasteiger partial charge in [-0.05, 0) is 34.0 Å². The van der Waals surface area contributed by atoms with Crippen LogP contribution in [0.5, 0.6) is 0 Å². The van der Waals surface area contributed by atoms with Crippen LogP contribution in [0, 0.1) is 34.0 Å². The highest BCUT2D eigenvalue weighted by Gasteiger charge is 2.64. The Kier molecular flexibility index (Phi) is 6.01. The lowest BCUT2D eigenvalue weighted by atomic mass is 9.58. The molecule has 0 heterocycles. The van der Waals surface area contributed by atoms with E-state index in [0.29, 0.717) is 16.2 Å². The Labute approximate surface area is 135 Å². The zero-order valence-corrected chi connectivity index (χ0v) is 16.5. The van der Waals surface area contributed by atoms with Gasteiger partial charge in [0.1, 0.15) is 0 Å². The average molecular weight is 295 g/mol. The summed E-state index contributed by atoms with van der Waals surface area (Å²) in [5, 5.41) is 0. The van der Waals surface area contributed by atoms with E-state index in [1.165, 1.54) is 38.5 Å². The lowest BCUT2D eigenvalue weighted by Crippen LogP contribution is -2.39. The Bertz CT molecular complexity index is 321. The van der Waals surface area contributed by atoms with Gasteiger partial charge in [-0.25, -0.2) is 0 Å². The fourth-order valence-corrected chi connectivity index (χ4v) is 5.64. The van der Waals surface area contributed by atoms with E-state index in [4.69, 9.17) is 0 Å². The Morgan fingerprint density at radius 2 is 1.38 bits per heavy atom. The average Bonchev–Trinajstić information content (AvgIpc) is 2.50. The van der Waals surface area contributed by atoms with Crippen LogP contribution in [0.4, 0.5) is 0 Å². The molecule has 0 heteroatoms. The largest absolute Gasteiger partial charge is 0.0654 e. The zero-order valence-electron chi connectivity index (χ0n) is 16.5. The predicted molar refractivity (Wildman–Crippen MR) is 96.5 cm³/mol. The van der Waals surface area contributed by atoms with Crippen molar-refractivity contribution in [2.45, 2.75) is 101 Å². The van der Waals surface area contributed by atoms with Gasteiger partial charge in [0.2, 0.25) is 0 Å². The fourth-order valence-electron chi connectivity index (χ4n) is 5.64. The lowest BCUT2D eigenvalue weighted by molar-refractivity contribution is 0.0219. The summed E-state index contributed by atoms with van der Waals surface area (Å²) in [6, 6.07) is 0. The molecular formula is C21H42. The third kappa shape index (κ3) is 2.93. The Hall–Kier alpha value is 0. The molecule has 0 bridgehead atoms. The molecule has 0 N–H and O–H groups in total. The quantitative estimate of drug-likeness (QED) is 0.431. The van der Waals surface area contributed by atoms with Gasteiger partial charge in [-0.15, -0.1) is 0 Å². The van der Waals surface area contributed by atoms with E-state index in [-0.39, 0.29) is 0 Å². The van der Waals surface area contributed by atoms with Crippen LogP contribution in [0.2, 0.25) is 0 Å². The number of rotatable bonds is 7. The molecule has 3 unspecified atom stereocenters. The zero-order chi connectivity index (χ0) is 16.5. The maximum absolute atomic E-state index is 2.57. The van der Waals surface area contributed by atoms with Crippen molar-refractivity contribution in [1.29, 1.82) is 0 Å². The first kappa shape index (κ1) is 19.0. The minimum Gasteiger partial charge on any atom is -0.0654 e. The van der Waals surface area contributed by atoms with Gasteiger partial charge in [0, 0.05) is 0 Å². The summed E-state index contributed by atoms with van der Waals surface area (Å²) in [5.41, 5.74) is 1.28. The van der Waals surface area contributed by atoms with Gasteiger partial charge >= 0.3 is 0 Å². The summed E-state index contributed by atoms with van der Waals surface area (Å²) in [4.78, 5) is 0. The molecule has 0 aliphatic heterocycles. The van der Waals surface area contributed by atoms with Crippen molar-refractivity contribution in [2.75, 3.05) is 0 Å². The van der Waals surface area contributed by atoms with Crippen LogP contribution in [0.1, 0.15) is 101 Å². The molecule has 1 aliphatic carbocycles. The van der Waals surface area contributed by atoms with E-state index in [0.717, 1.165) is 17.8 Å². The normalized spacial score (nSPS) is 31.3. The molecule has 0 aromatic carbocycles. The first-order valence-corrected chi connectivity index (χ1v) is 9.59. The molecule has 1 saturated carbocycles. The second kappa shape index (κ2) is 6.63. The predicted octanol–water partition coefficient (Wildman–Crippen LogP) is 7.33. The van der Waals surface area contributed by atoms with Crippen LogP contribution in [0.15, 0.2) is 0 Å². The highest BCUT2D eigenvalue weighted by molar-refractivity contribution is 5.12. The highest BCUT2D eigenvalue weighted by Crippen LogP contribution is 2.70. The Balaban J connectivity index is 3.12. The van der Waals surface area contributed by atoms with Crippen molar-refractivity contribution in [2.24, 2.45) is 34.0 Å². The SMILES string of the molecule is CCCCCC(CC)C1C(CC)C(C)(C)C(C)(C)C1(C)C. The summed E-state index contributed by atoms with van der Waals surface area (Å²) in [7, 11) is 0. The molecule has 0 spiro atoms. The molecule has 21 heavy (non-hydrogen) atoms. The standard InChI is InChI=1S/C21H42/c1-10-13-14-15-16(11-2)18-17(12-3)19(4,5)21(8,9)20(18,6)7/h16-18H,10-15H2,1-9H3. The van der Waals surface area contributed by atoms with Crippen LogP contribution >= 0.6 is 0 Å². The molecule has 3 atom stereocenters. The van der Waals surface area contributed by atoms with Crippen LogP contribution < -0.4 is 0 Å². The molecular weight excluding hydrogens is 252 g/mol. The fraction of sp³-hybridized carbons (Fsp3) is 1.00. The van der Waals surface area contributed by atoms with Gasteiger partial charge in [0.25, 0.3) is 0 Å². The smallest absolute Gasteiger partial charge is 0.0246 e. The minimum absolute atomic E-state index is 0.406. The summed E-state index contributed by atoms with van der Waals surface area (Å²) in [6.45, 7) is 22.5. The van der Waals surface area contributed by atoms with E-state index in [1.54, 1.807) is 0 Å². The number of hydrogen-bond donors (Lipinski definition) is 0. The molecule has 0 aromatic rings. The van der Waals surface area contributed by atoms with Crippen molar-refractivity contribution in [3.05, 3.63) is 0 Å². The van der Waals surface area contributed by atoms with Gasteiger partial charge < -0.3 is 0 Å². The van der Waals surface area contributed by atoms with Crippen molar-refractivity contribution >= 4 is 0 Å². The van der Waals surface area contributed by atoms with Crippen molar-refractivity contribution in [3.63, 3.8) is 0 Å². The topological polar surface area (TPSA) is 0 Å². The van der Waals surface area contributed by atoms with Crippen LogP contribution in [-0.2, 0) is 0 Å². The molecule has 0 saturated heterocycles.